The van der Waals surface area contributed by atoms with Crippen LogP contribution in [-0.4, -0.2) is 42.2 Å². The third-order valence-electron chi connectivity index (χ3n) is 5.21. The van der Waals surface area contributed by atoms with Crippen LogP contribution in [-0.2, 0) is 14.3 Å². The van der Waals surface area contributed by atoms with Crippen molar-refractivity contribution in [3.8, 4) is 0 Å². The highest BCUT2D eigenvalue weighted by Gasteiger charge is 2.33. The van der Waals surface area contributed by atoms with Crippen molar-refractivity contribution in [2.45, 2.75) is 19.1 Å². The van der Waals surface area contributed by atoms with Crippen molar-refractivity contribution in [1.82, 2.24) is 9.88 Å². The molecule has 4 rings (SSSR count). The van der Waals surface area contributed by atoms with Crippen LogP contribution < -0.4 is 0 Å². The molecule has 1 saturated heterocycles. The number of halogens is 1. The van der Waals surface area contributed by atoms with E-state index in [2.05, 4.69) is 4.98 Å². The minimum absolute atomic E-state index is 0.322. The van der Waals surface area contributed by atoms with Crippen molar-refractivity contribution in [1.29, 1.82) is 0 Å². The highest BCUT2D eigenvalue weighted by atomic mass is 19.1. The number of hydrogen-bond donors (Lipinski definition) is 0. The Labute approximate surface area is 169 Å². The lowest BCUT2D eigenvalue weighted by molar-refractivity contribution is -0.157. The number of ether oxygens (including phenoxy) is 2. The van der Waals surface area contributed by atoms with Gasteiger partial charge in [-0.2, -0.15) is 0 Å². The zero-order valence-electron chi connectivity index (χ0n) is 16.3. The lowest BCUT2D eigenvalue weighted by Crippen LogP contribution is -2.43. The van der Waals surface area contributed by atoms with Crippen molar-refractivity contribution in [3.63, 3.8) is 0 Å². The Morgan fingerprint density at radius 1 is 1.14 bits per heavy atom. The van der Waals surface area contributed by atoms with Crippen LogP contribution in [0.25, 0.3) is 10.9 Å². The topological polar surface area (TPSA) is 51.7 Å². The Bertz CT molecular complexity index is 1000. The quantitative estimate of drug-likeness (QED) is 0.611. The molecule has 2 heterocycles. The van der Waals surface area contributed by atoms with Gasteiger partial charge in [0.25, 0.3) is 0 Å². The average molecular weight is 394 g/mol. The molecule has 0 bridgehead atoms. The average Bonchev–Trinajstić information content (AvgIpc) is 2.75. The van der Waals surface area contributed by atoms with Crippen LogP contribution >= 0.6 is 0 Å². The number of benzene rings is 2. The minimum Gasteiger partial charge on any atom is -0.456 e. The fourth-order valence-electron chi connectivity index (χ4n) is 3.62. The standard InChI is InChI=1S/C23H23FN2O3/c1-16(18-14-17-6-2-5-9-21(17)25-15-18)29-23(27)22(26-10-12-28-13-11-26)19-7-3-4-8-20(19)24/h2-9,14-16,22H,10-13H2,1H3/t16-,22-/m1/s1. The predicted octanol–water partition coefficient (Wildman–Crippen LogP) is 4.05. The van der Waals surface area contributed by atoms with Gasteiger partial charge < -0.3 is 9.47 Å². The maximum absolute atomic E-state index is 14.5. The van der Waals surface area contributed by atoms with Crippen LogP contribution in [0, 0.1) is 5.82 Å². The summed E-state index contributed by atoms with van der Waals surface area (Å²) in [5, 5.41) is 0.978. The molecule has 0 spiro atoms. The molecule has 1 aliphatic rings. The molecule has 0 amide bonds. The van der Waals surface area contributed by atoms with E-state index < -0.39 is 23.9 Å². The Morgan fingerprint density at radius 3 is 2.66 bits per heavy atom. The van der Waals surface area contributed by atoms with Gasteiger partial charge in [0.2, 0.25) is 0 Å². The maximum atomic E-state index is 14.5. The second-order valence-electron chi connectivity index (χ2n) is 7.11. The molecule has 6 heteroatoms. The number of aromatic nitrogens is 1. The Balaban J connectivity index is 1.58. The van der Waals surface area contributed by atoms with Gasteiger partial charge in [-0.05, 0) is 25.1 Å². The normalized spacial score (nSPS) is 17.0. The number of esters is 1. The van der Waals surface area contributed by atoms with Crippen molar-refractivity contribution in [3.05, 3.63) is 77.7 Å². The highest BCUT2D eigenvalue weighted by Crippen LogP contribution is 2.29. The predicted molar refractivity (Wildman–Crippen MR) is 108 cm³/mol. The smallest absolute Gasteiger partial charge is 0.328 e. The zero-order chi connectivity index (χ0) is 20.2. The first-order valence-corrected chi connectivity index (χ1v) is 9.75. The van der Waals surface area contributed by atoms with Gasteiger partial charge in [0, 0.05) is 35.8 Å². The molecule has 5 nitrogen and oxygen atoms in total. The second kappa shape index (κ2) is 8.68. The Morgan fingerprint density at radius 2 is 1.86 bits per heavy atom. The summed E-state index contributed by atoms with van der Waals surface area (Å²) in [6.07, 6.45) is 1.21. The number of rotatable bonds is 5. The molecule has 0 unspecified atom stereocenters. The van der Waals surface area contributed by atoms with E-state index >= 15 is 0 Å². The fraction of sp³-hybridized carbons (Fsp3) is 0.304. The van der Waals surface area contributed by atoms with E-state index in [0.717, 1.165) is 16.5 Å². The highest BCUT2D eigenvalue weighted by molar-refractivity contribution is 5.80. The van der Waals surface area contributed by atoms with Crippen LogP contribution in [0.4, 0.5) is 4.39 Å². The Hall–Kier alpha value is -2.83. The first kappa shape index (κ1) is 19.5. The number of fused-ring (bicyclic) bond motifs is 1. The van der Waals surface area contributed by atoms with Gasteiger partial charge in [0.05, 0.1) is 18.7 Å². The molecule has 2 atom stereocenters. The number of nitrogens with zero attached hydrogens (tertiary/aromatic N) is 2. The van der Waals surface area contributed by atoms with Crippen LogP contribution in [0.1, 0.15) is 30.2 Å². The molecule has 0 saturated carbocycles. The van der Waals surface area contributed by atoms with E-state index in [9.17, 15) is 9.18 Å². The van der Waals surface area contributed by atoms with E-state index in [-0.39, 0.29) is 0 Å². The van der Waals surface area contributed by atoms with Crippen LogP contribution in [0.3, 0.4) is 0 Å². The number of hydrogen-bond acceptors (Lipinski definition) is 5. The summed E-state index contributed by atoms with van der Waals surface area (Å²) < 4.78 is 25.7. The number of pyridine rings is 1. The summed E-state index contributed by atoms with van der Waals surface area (Å²) in [6.45, 7) is 3.90. The Kier molecular flexibility index (Phi) is 5.83. The van der Waals surface area contributed by atoms with Gasteiger partial charge in [-0.15, -0.1) is 0 Å². The molecule has 0 aliphatic carbocycles. The molecule has 1 aromatic heterocycles. The largest absolute Gasteiger partial charge is 0.456 e. The van der Waals surface area contributed by atoms with Crippen LogP contribution in [0.2, 0.25) is 0 Å². The van der Waals surface area contributed by atoms with Gasteiger partial charge in [-0.1, -0.05) is 36.4 Å². The van der Waals surface area contributed by atoms with Crippen molar-refractivity contribution < 1.29 is 18.7 Å². The van der Waals surface area contributed by atoms with Gasteiger partial charge in [-0.25, -0.2) is 9.18 Å². The lowest BCUT2D eigenvalue weighted by Gasteiger charge is -2.34. The van der Waals surface area contributed by atoms with Gasteiger partial charge in [0.15, 0.2) is 0 Å². The molecule has 150 valence electrons. The zero-order valence-corrected chi connectivity index (χ0v) is 16.3. The molecule has 29 heavy (non-hydrogen) atoms. The molecule has 0 radical (unpaired) electrons. The number of carbonyl (C=O) groups is 1. The summed E-state index contributed by atoms with van der Waals surface area (Å²) >= 11 is 0. The third kappa shape index (κ3) is 4.28. The van der Waals surface area contributed by atoms with E-state index in [1.807, 2.05) is 35.2 Å². The summed E-state index contributed by atoms with van der Waals surface area (Å²) in [4.78, 5) is 19.5. The minimum atomic E-state index is -0.809. The van der Waals surface area contributed by atoms with Gasteiger partial charge in [-0.3, -0.25) is 9.88 Å². The number of morpholine rings is 1. The number of carbonyl (C=O) groups excluding carboxylic acids is 1. The summed E-state index contributed by atoms with van der Waals surface area (Å²) in [6, 6.07) is 15.3. The monoisotopic (exact) mass is 394 g/mol. The lowest BCUT2D eigenvalue weighted by atomic mass is 10.0. The molecule has 1 fully saturated rings. The molecule has 2 aromatic carbocycles. The summed E-state index contributed by atoms with van der Waals surface area (Å²) in [7, 11) is 0. The SMILES string of the molecule is C[C@@H](OC(=O)[C@@H](c1ccccc1F)N1CCOCC1)c1cnc2ccccc2c1. The first-order chi connectivity index (χ1) is 14.1. The fourth-order valence-corrected chi connectivity index (χ4v) is 3.62. The third-order valence-corrected chi connectivity index (χ3v) is 5.21. The van der Waals surface area contributed by atoms with Crippen molar-refractivity contribution in [2.24, 2.45) is 0 Å². The summed E-state index contributed by atoms with van der Waals surface area (Å²) in [5.74, 6) is -0.890. The van der Waals surface area contributed by atoms with Crippen molar-refractivity contribution >= 4 is 16.9 Å². The van der Waals surface area contributed by atoms with Gasteiger partial charge >= 0.3 is 5.97 Å². The number of para-hydroxylation sites is 1. The molecule has 3 aromatic rings. The molecular formula is C23H23FN2O3. The van der Waals surface area contributed by atoms with Crippen LogP contribution in [0.15, 0.2) is 60.8 Å². The molecule has 1 aliphatic heterocycles. The van der Waals surface area contributed by atoms with E-state index in [4.69, 9.17) is 9.47 Å². The second-order valence-corrected chi connectivity index (χ2v) is 7.11. The van der Waals surface area contributed by atoms with Gasteiger partial charge in [0.1, 0.15) is 18.0 Å². The van der Waals surface area contributed by atoms with Crippen LogP contribution in [0.5, 0.6) is 0 Å². The maximum Gasteiger partial charge on any atom is 0.328 e. The van der Waals surface area contributed by atoms with E-state index in [0.29, 0.717) is 31.9 Å². The van der Waals surface area contributed by atoms with Crippen molar-refractivity contribution in [2.75, 3.05) is 26.3 Å². The molecule has 0 N–H and O–H groups in total. The first-order valence-electron chi connectivity index (χ1n) is 9.75. The van der Waals surface area contributed by atoms with E-state index in [1.54, 1.807) is 31.3 Å². The summed E-state index contributed by atoms with van der Waals surface area (Å²) in [5.41, 5.74) is 2.00. The molecular weight excluding hydrogens is 371 g/mol. The van der Waals surface area contributed by atoms with E-state index in [1.165, 1.54) is 6.07 Å².